The van der Waals surface area contributed by atoms with Gasteiger partial charge in [0, 0.05) is 0 Å². The summed E-state index contributed by atoms with van der Waals surface area (Å²) in [5, 5.41) is 0. The van der Waals surface area contributed by atoms with Gasteiger partial charge in [0.05, 0.1) is 19.8 Å². The Kier molecular flexibility index (Phi) is 10.4. The third-order valence-electron chi connectivity index (χ3n) is 3.73. The number of carbonyl (C=O) groups excluding carboxylic acids is 2. The Morgan fingerprint density at radius 1 is 0.880 bits per heavy atom. The molecule has 140 valence electrons. The summed E-state index contributed by atoms with van der Waals surface area (Å²) in [6, 6.07) is 7.38. The molecule has 0 heterocycles. The number of rotatable bonds is 12. The van der Waals surface area contributed by atoms with Crippen LogP contribution in [-0.2, 0) is 25.5 Å². The summed E-state index contributed by atoms with van der Waals surface area (Å²) < 4.78 is 15.9. The number of hydrogen-bond acceptors (Lipinski definition) is 5. The summed E-state index contributed by atoms with van der Waals surface area (Å²) in [7, 11) is 0. The van der Waals surface area contributed by atoms with E-state index < -0.39 is 17.9 Å². The smallest absolute Gasteiger partial charge is 0.320 e. The molecule has 1 aromatic rings. The van der Waals surface area contributed by atoms with Gasteiger partial charge in [-0.2, -0.15) is 0 Å². The molecule has 0 aliphatic carbocycles. The molecule has 0 fully saturated rings. The Morgan fingerprint density at radius 3 is 1.84 bits per heavy atom. The molecule has 5 heteroatoms. The van der Waals surface area contributed by atoms with Gasteiger partial charge in [-0.3, -0.25) is 9.59 Å². The first-order valence-corrected chi connectivity index (χ1v) is 9.17. The van der Waals surface area contributed by atoms with Gasteiger partial charge in [0.15, 0.2) is 5.92 Å². The molecule has 1 aromatic carbocycles. The first-order chi connectivity index (χ1) is 12.1. The standard InChI is InChI=1S/C20H30O5/c1-4-7-13-24-19(21)18(20(22)25-14-8-5-2)15-16-9-11-17(12-10-16)23-6-3/h9-12,18H,4-8,13-15H2,1-3H3. The van der Waals surface area contributed by atoms with E-state index in [0.717, 1.165) is 37.0 Å². The predicted molar refractivity (Wildman–Crippen MR) is 96.5 cm³/mol. The van der Waals surface area contributed by atoms with Gasteiger partial charge >= 0.3 is 11.9 Å². The van der Waals surface area contributed by atoms with E-state index in [1.54, 1.807) is 0 Å². The molecule has 0 aliphatic heterocycles. The minimum absolute atomic E-state index is 0.266. The number of unbranched alkanes of at least 4 members (excludes halogenated alkanes) is 2. The molecule has 0 atom stereocenters. The second-order valence-corrected chi connectivity index (χ2v) is 5.88. The Labute approximate surface area is 150 Å². The van der Waals surface area contributed by atoms with Crippen LogP contribution in [0.3, 0.4) is 0 Å². The highest BCUT2D eigenvalue weighted by Gasteiger charge is 2.30. The molecule has 0 saturated heterocycles. The fourth-order valence-corrected chi connectivity index (χ4v) is 2.22. The summed E-state index contributed by atoms with van der Waals surface area (Å²) >= 11 is 0. The van der Waals surface area contributed by atoms with Crippen LogP contribution in [-0.4, -0.2) is 31.8 Å². The molecule has 0 bridgehead atoms. The number of esters is 2. The van der Waals surface area contributed by atoms with E-state index in [1.807, 2.05) is 45.0 Å². The summed E-state index contributed by atoms with van der Waals surface area (Å²) in [6.07, 6.45) is 3.69. The number of hydrogen-bond donors (Lipinski definition) is 0. The lowest BCUT2D eigenvalue weighted by Gasteiger charge is -2.16. The fourth-order valence-electron chi connectivity index (χ4n) is 2.22. The zero-order valence-electron chi connectivity index (χ0n) is 15.6. The lowest BCUT2D eigenvalue weighted by Crippen LogP contribution is -2.30. The lowest BCUT2D eigenvalue weighted by atomic mass is 9.99. The monoisotopic (exact) mass is 350 g/mol. The Morgan fingerprint density at radius 2 is 1.40 bits per heavy atom. The van der Waals surface area contributed by atoms with Gasteiger partial charge in [-0.05, 0) is 43.9 Å². The van der Waals surface area contributed by atoms with Crippen LogP contribution in [0.25, 0.3) is 0 Å². The normalized spacial score (nSPS) is 10.6. The van der Waals surface area contributed by atoms with Gasteiger partial charge in [0.25, 0.3) is 0 Å². The topological polar surface area (TPSA) is 61.8 Å². The van der Waals surface area contributed by atoms with E-state index in [4.69, 9.17) is 14.2 Å². The zero-order valence-corrected chi connectivity index (χ0v) is 15.6. The van der Waals surface area contributed by atoms with E-state index in [1.165, 1.54) is 0 Å². The van der Waals surface area contributed by atoms with Crippen LogP contribution in [0.5, 0.6) is 5.75 Å². The molecule has 5 nitrogen and oxygen atoms in total. The van der Waals surface area contributed by atoms with Crippen molar-refractivity contribution < 1.29 is 23.8 Å². The second kappa shape index (κ2) is 12.3. The van der Waals surface area contributed by atoms with Crippen molar-refractivity contribution in [3.63, 3.8) is 0 Å². The maximum absolute atomic E-state index is 12.3. The van der Waals surface area contributed by atoms with E-state index >= 15 is 0 Å². The quantitative estimate of drug-likeness (QED) is 0.325. The van der Waals surface area contributed by atoms with Crippen molar-refractivity contribution in [3.05, 3.63) is 29.8 Å². The maximum Gasteiger partial charge on any atom is 0.320 e. The van der Waals surface area contributed by atoms with Gasteiger partial charge in [0.2, 0.25) is 0 Å². The molecule has 0 unspecified atom stereocenters. The van der Waals surface area contributed by atoms with Gasteiger partial charge < -0.3 is 14.2 Å². The zero-order chi connectivity index (χ0) is 18.5. The van der Waals surface area contributed by atoms with E-state index in [2.05, 4.69) is 0 Å². The number of ether oxygens (including phenoxy) is 3. The molecule has 1 rings (SSSR count). The molecular formula is C20H30O5. The third-order valence-corrected chi connectivity index (χ3v) is 3.73. The predicted octanol–water partition coefficient (Wildman–Crippen LogP) is 3.93. The van der Waals surface area contributed by atoms with E-state index in [9.17, 15) is 9.59 Å². The molecule has 0 amide bonds. The maximum atomic E-state index is 12.3. The Balaban J connectivity index is 2.74. The first-order valence-electron chi connectivity index (χ1n) is 9.17. The number of carbonyl (C=O) groups is 2. The summed E-state index contributed by atoms with van der Waals surface area (Å²) in [4.78, 5) is 24.6. The van der Waals surface area contributed by atoms with Crippen LogP contribution < -0.4 is 4.74 Å². The largest absolute Gasteiger partial charge is 0.494 e. The molecule has 0 spiro atoms. The van der Waals surface area contributed by atoms with Crippen LogP contribution in [0.4, 0.5) is 0 Å². The van der Waals surface area contributed by atoms with Crippen molar-refractivity contribution in [3.8, 4) is 5.75 Å². The molecule has 0 N–H and O–H groups in total. The highest BCUT2D eigenvalue weighted by atomic mass is 16.6. The van der Waals surface area contributed by atoms with Crippen molar-refractivity contribution in [2.75, 3.05) is 19.8 Å². The van der Waals surface area contributed by atoms with Crippen LogP contribution in [0.2, 0.25) is 0 Å². The Hall–Kier alpha value is -2.04. The fraction of sp³-hybridized carbons (Fsp3) is 0.600. The summed E-state index contributed by atoms with van der Waals surface area (Å²) in [6.45, 7) is 7.21. The second-order valence-electron chi connectivity index (χ2n) is 5.88. The average Bonchev–Trinajstić information content (AvgIpc) is 2.61. The highest BCUT2D eigenvalue weighted by Crippen LogP contribution is 2.17. The van der Waals surface area contributed by atoms with Crippen LogP contribution >= 0.6 is 0 Å². The summed E-state index contributed by atoms with van der Waals surface area (Å²) in [5.41, 5.74) is 0.869. The van der Waals surface area contributed by atoms with Crippen molar-refractivity contribution in [2.45, 2.75) is 52.9 Å². The molecule has 25 heavy (non-hydrogen) atoms. The lowest BCUT2D eigenvalue weighted by molar-refractivity contribution is -0.162. The molecule has 0 saturated carbocycles. The highest BCUT2D eigenvalue weighted by molar-refractivity contribution is 5.95. The van der Waals surface area contributed by atoms with Crippen LogP contribution in [0, 0.1) is 5.92 Å². The van der Waals surface area contributed by atoms with Gasteiger partial charge in [0.1, 0.15) is 5.75 Å². The van der Waals surface area contributed by atoms with Gasteiger partial charge in [-0.25, -0.2) is 0 Å². The molecule has 0 aliphatic rings. The third kappa shape index (κ3) is 8.05. The average molecular weight is 350 g/mol. The van der Waals surface area contributed by atoms with Gasteiger partial charge in [-0.1, -0.05) is 38.8 Å². The molecule has 0 aromatic heterocycles. The number of benzene rings is 1. The van der Waals surface area contributed by atoms with Crippen molar-refractivity contribution in [1.82, 2.24) is 0 Å². The molecule has 0 radical (unpaired) electrons. The SMILES string of the molecule is CCCCOC(=O)C(Cc1ccc(OCC)cc1)C(=O)OCCCC. The van der Waals surface area contributed by atoms with Crippen LogP contribution in [0.1, 0.15) is 52.0 Å². The Bertz CT molecular complexity index is 487. The van der Waals surface area contributed by atoms with E-state index in [-0.39, 0.29) is 6.42 Å². The van der Waals surface area contributed by atoms with Crippen LogP contribution in [0.15, 0.2) is 24.3 Å². The van der Waals surface area contributed by atoms with Gasteiger partial charge in [-0.15, -0.1) is 0 Å². The summed E-state index contributed by atoms with van der Waals surface area (Å²) in [5.74, 6) is -1.18. The van der Waals surface area contributed by atoms with Crippen molar-refractivity contribution in [2.24, 2.45) is 5.92 Å². The first kappa shape index (κ1) is 21.0. The van der Waals surface area contributed by atoms with E-state index in [0.29, 0.717) is 19.8 Å². The van der Waals surface area contributed by atoms with Crippen molar-refractivity contribution in [1.29, 1.82) is 0 Å². The minimum atomic E-state index is -0.924. The minimum Gasteiger partial charge on any atom is -0.494 e. The molecular weight excluding hydrogens is 320 g/mol. The van der Waals surface area contributed by atoms with Crippen molar-refractivity contribution >= 4 is 11.9 Å².